The van der Waals surface area contributed by atoms with Crippen LogP contribution in [0.5, 0.6) is 0 Å². The van der Waals surface area contributed by atoms with Crippen molar-refractivity contribution in [3.63, 3.8) is 0 Å². The molecular weight excluding hydrogens is 252 g/mol. The summed E-state index contributed by atoms with van der Waals surface area (Å²) in [6, 6.07) is 6.46. The van der Waals surface area contributed by atoms with Gasteiger partial charge in [0, 0.05) is 13.1 Å². The Hall–Kier alpha value is -1.63. The van der Waals surface area contributed by atoms with Gasteiger partial charge >= 0.3 is 12.3 Å². The predicted molar refractivity (Wildman–Crippen MR) is 57.1 cm³/mol. The van der Waals surface area contributed by atoms with Crippen LogP contribution in [0, 0.1) is 0 Å². The number of halogens is 4. The van der Waals surface area contributed by atoms with E-state index in [4.69, 9.17) is 5.73 Å². The van der Waals surface area contributed by atoms with Gasteiger partial charge in [-0.25, -0.2) is 8.78 Å². The molecule has 3 N–H and O–H groups in total. The Morgan fingerprint density at radius 1 is 1.22 bits per heavy atom. The van der Waals surface area contributed by atoms with E-state index < -0.39 is 18.3 Å². The van der Waals surface area contributed by atoms with E-state index >= 15 is 0 Å². The van der Waals surface area contributed by atoms with Crippen LogP contribution in [0.25, 0.3) is 0 Å². The van der Waals surface area contributed by atoms with Gasteiger partial charge in [-0.1, -0.05) is 24.3 Å². The number of alkyl halides is 4. The molecule has 1 amide bonds. The van der Waals surface area contributed by atoms with E-state index in [9.17, 15) is 22.4 Å². The summed E-state index contributed by atoms with van der Waals surface area (Å²) in [4.78, 5) is 10.8. The molecule has 0 atom stereocenters. The van der Waals surface area contributed by atoms with Crippen molar-refractivity contribution in [1.82, 2.24) is 5.32 Å². The van der Waals surface area contributed by atoms with Crippen molar-refractivity contribution in [3.8, 4) is 0 Å². The van der Waals surface area contributed by atoms with Gasteiger partial charge in [0.2, 0.25) is 0 Å². The first-order valence-corrected chi connectivity index (χ1v) is 5.10. The van der Waals surface area contributed by atoms with Gasteiger partial charge in [0.25, 0.3) is 5.91 Å². The Morgan fingerprint density at radius 2 is 1.72 bits per heavy atom. The molecule has 0 saturated heterocycles. The second-order valence-corrected chi connectivity index (χ2v) is 3.63. The molecule has 3 nitrogen and oxygen atoms in total. The average molecular weight is 264 g/mol. The van der Waals surface area contributed by atoms with Crippen LogP contribution >= 0.6 is 0 Å². The summed E-state index contributed by atoms with van der Waals surface area (Å²) in [7, 11) is 0. The molecule has 18 heavy (non-hydrogen) atoms. The molecular formula is C11H12F4N2O. The van der Waals surface area contributed by atoms with Crippen molar-refractivity contribution < 1.29 is 22.4 Å². The molecule has 0 saturated carbocycles. The van der Waals surface area contributed by atoms with E-state index in [2.05, 4.69) is 0 Å². The third-order valence-electron chi connectivity index (χ3n) is 2.29. The van der Waals surface area contributed by atoms with Gasteiger partial charge in [-0.2, -0.15) is 8.78 Å². The minimum absolute atomic E-state index is 0.244. The van der Waals surface area contributed by atoms with Crippen LogP contribution in [0.1, 0.15) is 11.1 Å². The fourth-order valence-electron chi connectivity index (χ4n) is 1.19. The molecule has 0 bridgehead atoms. The molecule has 0 radical (unpaired) electrons. The number of benzene rings is 1. The lowest BCUT2D eigenvalue weighted by Crippen LogP contribution is -2.44. The topological polar surface area (TPSA) is 55.1 Å². The first-order valence-electron chi connectivity index (χ1n) is 5.10. The number of hydrogen-bond acceptors (Lipinski definition) is 2. The molecule has 1 aromatic rings. The molecule has 0 aliphatic carbocycles. The maximum Gasteiger partial charge on any atom is 0.383 e. The number of hydrogen-bond donors (Lipinski definition) is 2. The molecule has 0 fully saturated rings. The standard InChI is InChI=1S/C11H12F4N2O/c12-9(13)11(14,15)10(18)17-6-8-3-1-7(5-16)2-4-8/h1-4,9H,5-6,16H2,(H,17,18). The van der Waals surface area contributed by atoms with E-state index in [0.29, 0.717) is 12.1 Å². The summed E-state index contributed by atoms with van der Waals surface area (Å²) in [5.41, 5.74) is 6.72. The smallest absolute Gasteiger partial charge is 0.347 e. The van der Waals surface area contributed by atoms with Crippen molar-refractivity contribution >= 4 is 5.91 Å². The predicted octanol–water partition coefficient (Wildman–Crippen LogP) is 1.66. The summed E-state index contributed by atoms with van der Waals surface area (Å²) >= 11 is 0. The molecule has 1 rings (SSSR count). The van der Waals surface area contributed by atoms with E-state index in [1.807, 2.05) is 0 Å². The number of nitrogens with one attached hydrogen (secondary N) is 1. The third kappa shape index (κ3) is 3.43. The van der Waals surface area contributed by atoms with Crippen LogP contribution in [0.3, 0.4) is 0 Å². The van der Waals surface area contributed by atoms with E-state index in [-0.39, 0.29) is 6.54 Å². The quantitative estimate of drug-likeness (QED) is 0.795. The van der Waals surface area contributed by atoms with Crippen LogP contribution in [-0.2, 0) is 17.9 Å². The van der Waals surface area contributed by atoms with E-state index in [1.165, 1.54) is 0 Å². The first-order chi connectivity index (χ1) is 8.37. The normalized spacial score (nSPS) is 11.7. The van der Waals surface area contributed by atoms with Crippen molar-refractivity contribution in [3.05, 3.63) is 35.4 Å². The van der Waals surface area contributed by atoms with Crippen LogP contribution in [-0.4, -0.2) is 18.3 Å². The van der Waals surface area contributed by atoms with Crippen LogP contribution in [0.2, 0.25) is 0 Å². The molecule has 0 aliphatic rings. The highest BCUT2D eigenvalue weighted by Crippen LogP contribution is 2.22. The number of carbonyl (C=O) groups is 1. The second-order valence-electron chi connectivity index (χ2n) is 3.63. The van der Waals surface area contributed by atoms with Crippen molar-refractivity contribution in [1.29, 1.82) is 0 Å². The Kier molecular flexibility index (Phi) is 4.66. The molecule has 1 aromatic carbocycles. The molecule has 0 spiro atoms. The Bertz CT molecular complexity index is 406. The zero-order valence-electron chi connectivity index (χ0n) is 9.30. The molecule has 0 aromatic heterocycles. The van der Waals surface area contributed by atoms with Gasteiger partial charge in [0.1, 0.15) is 0 Å². The maximum absolute atomic E-state index is 12.6. The van der Waals surface area contributed by atoms with Gasteiger partial charge in [-0.3, -0.25) is 4.79 Å². The Labute approximate surface area is 101 Å². The summed E-state index contributed by atoms with van der Waals surface area (Å²) in [5.74, 6) is -6.66. The zero-order valence-corrected chi connectivity index (χ0v) is 9.30. The largest absolute Gasteiger partial charge is 0.383 e. The zero-order chi connectivity index (χ0) is 13.8. The number of carbonyl (C=O) groups excluding carboxylic acids is 1. The second kappa shape index (κ2) is 5.81. The van der Waals surface area contributed by atoms with Gasteiger partial charge in [-0.15, -0.1) is 0 Å². The fraction of sp³-hybridized carbons (Fsp3) is 0.364. The highest BCUT2D eigenvalue weighted by Gasteiger charge is 2.48. The minimum atomic E-state index is -4.67. The van der Waals surface area contributed by atoms with E-state index in [0.717, 1.165) is 5.56 Å². The lowest BCUT2D eigenvalue weighted by Gasteiger charge is -2.14. The molecule has 7 heteroatoms. The lowest BCUT2D eigenvalue weighted by molar-refractivity contribution is -0.169. The monoisotopic (exact) mass is 264 g/mol. The molecule has 0 unspecified atom stereocenters. The van der Waals surface area contributed by atoms with Crippen molar-refractivity contribution in [2.75, 3.05) is 0 Å². The SMILES string of the molecule is NCc1ccc(CNC(=O)C(F)(F)C(F)F)cc1. The fourth-order valence-corrected chi connectivity index (χ4v) is 1.19. The molecule has 0 aliphatic heterocycles. The lowest BCUT2D eigenvalue weighted by atomic mass is 10.1. The maximum atomic E-state index is 12.6. The van der Waals surface area contributed by atoms with Gasteiger partial charge < -0.3 is 11.1 Å². The summed E-state index contributed by atoms with van der Waals surface area (Å²) in [6.45, 7) is 0.0854. The molecule has 100 valence electrons. The van der Waals surface area contributed by atoms with Gasteiger partial charge in [0.05, 0.1) is 0 Å². The van der Waals surface area contributed by atoms with Crippen LogP contribution in [0.4, 0.5) is 17.6 Å². The van der Waals surface area contributed by atoms with E-state index in [1.54, 1.807) is 29.6 Å². The summed E-state index contributed by atoms with van der Waals surface area (Å²) in [6.07, 6.45) is -4.02. The van der Waals surface area contributed by atoms with Crippen molar-refractivity contribution in [2.45, 2.75) is 25.4 Å². The van der Waals surface area contributed by atoms with Crippen LogP contribution in [0.15, 0.2) is 24.3 Å². The minimum Gasteiger partial charge on any atom is -0.347 e. The summed E-state index contributed by atoms with van der Waals surface area (Å²) < 4.78 is 48.9. The number of rotatable bonds is 5. The Balaban J connectivity index is 2.57. The van der Waals surface area contributed by atoms with Gasteiger partial charge in [-0.05, 0) is 11.1 Å². The third-order valence-corrected chi connectivity index (χ3v) is 2.29. The van der Waals surface area contributed by atoms with Crippen molar-refractivity contribution in [2.24, 2.45) is 5.73 Å². The average Bonchev–Trinajstić information content (AvgIpc) is 2.36. The highest BCUT2D eigenvalue weighted by molar-refractivity contribution is 5.83. The number of amides is 1. The van der Waals surface area contributed by atoms with Gasteiger partial charge in [0.15, 0.2) is 0 Å². The number of nitrogens with two attached hydrogens (primary N) is 1. The molecule has 0 heterocycles. The summed E-state index contributed by atoms with van der Waals surface area (Å²) in [5, 5.41) is 1.76. The highest BCUT2D eigenvalue weighted by atomic mass is 19.3. The van der Waals surface area contributed by atoms with Crippen LogP contribution < -0.4 is 11.1 Å². The Morgan fingerprint density at radius 3 is 2.17 bits per heavy atom. The first kappa shape index (κ1) is 14.4.